The maximum Gasteiger partial charge on any atom is 0.111 e. The lowest BCUT2D eigenvalue weighted by atomic mass is 9.75. The van der Waals surface area contributed by atoms with Crippen molar-refractivity contribution in [2.24, 2.45) is 0 Å². The van der Waals surface area contributed by atoms with Gasteiger partial charge < -0.3 is 9.84 Å². The molecule has 1 aliphatic heterocycles. The number of rotatable bonds is 2. The fourth-order valence-corrected chi connectivity index (χ4v) is 1.76. The van der Waals surface area contributed by atoms with Gasteiger partial charge in [0, 0.05) is 0 Å². The fourth-order valence-electron chi connectivity index (χ4n) is 1.76. The molecule has 0 aromatic rings. The average molecular weight is 158 g/mol. The Bertz CT molecular complexity index is 142. The molecule has 2 unspecified atom stereocenters. The second-order valence-electron chi connectivity index (χ2n) is 3.84. The predicted molar refractivity (Wildman–Crippen MR) is 44.5 cm³/mol. The Morgan fingerprint density at radius 3 is 1.73 bits per heavy atom. The minimum absolute atomic E-state index is 0.287. The Kier molecular flexibility index (Phi) is 2.01. The number of aliphatic hydroxyl groups is 1. The average Bonchev–Trinajstić information content (AvgIpc) is 2.03. The van der Waals surface area contributed by atoms with Gasteiger partial charge in [0.05, 0.1) is 11.2 Å². The maximum absolute atomic E-state index is 9.76. The van der Waals surface area contributed by atoms with Crippen molar-refractivity contribution in [1.82, 2.24) is 0 Å². The van der Waals surface area contributed by atoms with E-state index in [9.17, 15) is 5.11 Å². The lowest BCUT2D eigenvalue weighted by Crippen LogP contribution is -2.69. The Labute approximate surface area is 68.6 Å². The highest BCUT2D eigenvalue weighted by atomic mass is 16.6. The summed E-state index contributed by atoms with van der Waals surface area (Å²) in [7, 11) is 0. The summed E-state index contributed by atoms with van der Waals surface area (Å²) < 4.78 is 5.67. The SMILES string of the molecule is CCC1(C)OC(C)(CC)C1O. The van der Waals surface area contributed by atoms with Crippen LogP contribution in [0.25, 0.3) is 0 Å². The monoisotopic (exact) mass is 158 g/mol. The van der Waals surface area contributed by atoms with E-state index >= 15 is 0 Å². The molecule has 0 amide bonds. The number of ether oxygens (including phenoxy) is 1. The first-order valence-corrected chi connectivity index (χ1v) is 4.37. The van der Waals surface area contributed by atoms with Crippen LogP contribution in [0.3, 0.4) is 0 Å². The van der Waals surface area contributed by atoms with Crippen molar-refractivity contribution in [2.45, 2.75) is 57.8 Å². The highest BCUT2D eigenvalue weighted by Crippen LogP contribution is 2.45. The summed E-state index contributed by atoms with van der Waals surface area (Å²) in [4.78, 5) is 0. The standard InChI is InChI=1S/C9H18O2/c1-5-8(3)7(10)9(4,6-2)11-8/h7,10H,5-6H2,1-4H3. The van der Waals surface area contributed by atoms with Gasteiger partial charge in [0.1, 0.15) is 6.10 Å². The zero-order chi connectivity index (χ0) is 8.70. The van der Waals surface area contributed by atoms with Gasteiger partial charge >= 0.3 is 0 Å². The number of aliphatic hydroxyl groups excluding tert-OH is 1. The van der Waals surface area contributed by atoms with E-state index in [1.807, 2.05) is 27.7 Å². The van der Waals surface area contributed by atoms with Gasteiger partial charge in [0.2, 0.25) is 0 Å². The summed E-state index contributed by atoms with van der Waals surface area (Å²) in [5.41, 5.74) is -0.574. The second-order valence-corrected chi connectivity index (χ2v) is 3.84. The Balaban J connectivity index is 2.62. The lowest BCUT2D eigenvalue weighted by molar-refractivity contribution is -0.335. The molecule has 2 nitrogen and oxygen atoms in total. The van der Waals surface area contributed by atoms with E-state index in [2.05, 4.69) is 0 Å². The third-order valence-electron chi connectivity index (χ3n) is 3.03. The first-order chi connectivity index (χ1) is 4.98. The van der Waals surface area contributed by atoms with Crippen LogP contribution in [-0.4, -0.2) is 22.4 Å². The molecule has 1 heterocycles. The van der Waals surface area contributed by atoms with Gasteiger partial charge in [0.25, 0.3) is 0 Å². The first kappa shape index (κ1) is 9.01. The van der Waals surface area contributed by atoms with Crippen molar-refractivity contribution in [3.63, 3.8) is 0 Å². The molecule has 1 aliphatic rings. The number of hydrogen-bond acceptors (Lipinski definition) is 2. The molecule has 0 aliphatic carbocycles. The quantitative estimate of drug-likeness (QED) is 0.663. The third-order valence-corrected chi connectivity index (χ3v) is 3.03. The van der Waals surface area contributed by atoms with E-state index in [0.717, 1.165) is 12.8 Å². The van der Waals surface area contributed by atoms with Gasteiger partial charge in [-0.1, -0.05) is 13.8 Å². The third kappa shape index (κ3) is 1.09. The van der Waals surface area contributed by atoms with Crippen LogP contribution in [0.1, 0.15) is 40.5 Å². The van der Waals surface area contributed by atoms with Crippen molar-refractivity contribution < 1.29 is 9.84 Å². The Morgan fingerprint density at radius 2 is 1.55 bits per heavy atom. The Morgan fingerprint density at radius 1 is 1.18 bits per heavy atom. The second kappa shape index (κ2) is 2.46. The summed E-state index contributed by atoms with van der Waals surface area (Å²) in [6.45, 7) is 8.01. The minimum Gasteiger partial charge on any atom is -0.387 e. The molecule has 1 N–H and O–H groups in total. The van der Waals surface area contributed by atoms with Gasteiger partial charge in [-0.05, 0) is 26.7 Å². The molecule has 11 heavy (non-hydrogen) atoms. The molecule has 1 rings (SSSR count). The molecule has 2 heteroatoms. The lowest BCUT2D eigenvalue weighted by Gasteiger charge is -2.57. The maximum atomic E-state index is 9.76. The van der Waals surface area contributed by atoms with Crippen molar-refractivity contribution in [3.05, 3.63) is 0 Å². The summed E-state index contributed by atoms with van der Waals surface area (Å²) in [6, 6.07) is 0. The van der Waals surface area contributed by atoms with Crippen LogP contribution in [0.2, 0.25) is 0 Å². The van der Waals surface area contributed by atoms with Crippen LogP contribution in [-0.2, 0) is 4.74 Å². The molecule has 0 saturated carbocycles. The normalized spacial score (nSPS) is 50.5. The molecule has 0 aromatic heterocycles. The molecule has 0 bridgehead atoms. The molecule has 66 valence electrons. The highest BCUT2D eigenvalue weighted by Gasteiger charge is 2.57. The molecule has 1 fully saturated rings. The zero-order valence-electron chi connectivity index (χ0n) is 7.85. The van der Waals surface area contributed by atoms with Gasteiger partial charge in [0.15, 0.2) is 0 Å². The van der Waals surface area contributed by atoms with E-state index in [1.54, 1.807) is 0 Å². The topological polar surface area (TPSA) is 29.5 Å². The van der Waals surface area contributed by atoms with Crippen molar-refractivity contribution in [2.75, 3.05) is 0 Å². The van der Waals surface area contributed by atoms with Crippen LogP contribution in [0.5, 0.6) is 0 Å². The van der Waals surface area contributed by atoms with E-state index in [-0.39, 0.29) is 17.3 Å². The van der Waals surface area contributed by atoms with Crippen LogP contribution in [0.15, 0.2) is 0 Å². The Hall–Kier alpha value is -0.0800. The summed E-state index contributed by atoms with van der Waals surface area (Å²) >= 11 is 0. The summed E-state index contributed by atoms with van der Waals surface area (Å²) in [6.07, 6.45) is 1.46. The van der Waals surface area contributed by atoms with E-state index < -0.39 is 0 Å². The van der Waals surface area contributed by atoms with Gasteiger partial charge in [-0.3, -0.25) is 0 Å². The molecule has 2 atom stereocenters. The van der Waals surface area contributed by atoms with Crippen LogP contribution >= 0.6 is 0 Å². The van der Waals surface area contributed by atoms with Crippen molar-refractivity contribution >= 4 is 0 Å². The largest absolute Gasteiger partial charge is 0.387 e. The van der Waals surface area contributed by atoms with Gasteiger partial charge in [-0.15, -0.1) is 0 Å². The van der Waals surface area contributed by atoms with Crippen molar-refractivity contribution in [1.29, 1.82) is 0 Å². The van der Waals surface area contributed by atoms with E-state index in [4.69, 9.17) is 4.74 Å². The molecule has 0 spiro atoms. The molecular formula is C9H18O2. The summed E-state index contributed by atoms with van der Waals surface area (Å²) in [5.74, 6) is 0. The number of hydrogen-bond donors (Lipinski definition) is 1. The molecular weight excluding hydrogens is 140 g/mol. The molecule has 0 aromatic carbocycles. The highest BCUT2D eigenvalue weighted by molar-refractivity contribution is 5.06. The predicted octanol–water partition coefficient (Wildman–Crippen LogP) is 1.71. The van der Waals surface area contributed by atoms with E-state index in [0.29, 0.717) is 0 Å². The fraction of sp³-hybridized carbons (Fsp3) is 1.00. The first-order valence-electron chi connectivity index (χ1n) is 4.37. The zero-order valence-corrected chi connectivity index (χ0v) is 7.85. The van der Waals surface area contributed by atoms with Crippen LogP contribution in [0, 0.1) is 0 Å². The van der Waals surface area contributed by atoms with Gasteiger partial charge in [-0.25, -0.2) is 0 Å². The smallest absolute Gasteiger partial charge is 0.111 e. The van der Waals surface area contributed by atoms with Crippen molar-refractivity contribution in [3.8, 4) is 0 Å². The van der Waals surface area contributed by atoms with Crippen LogP contribution in [0.4, 0.5) is 0 Å². The van der Waals surface area contributed by atoms with E-state index in [1.165, 1.54) is 0 Å². The molecule has 0 radical (unpaired) electrons. The summed E-state index contributed by atoms with van der Waals surface area (Å²) in [5, 5.41) is 9.76. The minimum atomic E-state index is -0.301. The molecule has 1 saturated heterocycles. The van der Waals surface area contributed by atoms with Crippen LogP contribution < -0.4 is 0 Å². The van der Waals surface area contributed by atoms with Gasteiger partial charge in [-0.2, -0.15) is 0 Å².